The van der Waals surface area contributed by atoms with Crippen LogP contribution in [0.15, 0.2) is 48.5 Å². The van der Waals surface area contributed by atoms with Crippen LogP contribution in [0, 0.1) is 5.82 Å². The summed E-state index contributed by atoms with van der Waals surface area (Å²) >= 11 is 6.18. The molecular formula is C18H21ClFNO2. The van der Waals surface area contributed by atoms with Crippen LogP contribution in [-0.2, 0) is 12.0 Å². The first kappa shape index (κ1) is 17.9. The van der Waals surface area contributed by atoms with Crippen LogP contribution in [0.5, 0.6) is 0 Å². The number of halogens is 2. The Morgan fingerprint density at radius 3 is 2.61 bits per heavy atom. The monoisotopic (exact) mass is 337 g/mol. The fourth-order valence-electron chi connectivity index (χ4n) is 2.55. The molecular weight excluding hydrogens is 317 g/mol. The van der Waals surface area contributed by atoms with Crippen LogP contribution >= 0.6 is 11.6 Å². The molecule has 0 aliphatic rings. The van der Waals surface area contributed by atoms with Crippen molar-refractivity contribution in [3.8, 4) is 0 Å². The van der Waals surface area contributed by atoms with Gasteiger partial charge in [0.05, 0.1) is 6.10 Å². The lowest BCUT2D eigenvalue weighted by molar-refractivity contribution is -0.0788. The van der Waals surface area contributed by atoms with Crippen molar-refractivity contribution in [1.29, 1.82) is 0 Å². The highest BCUT2D eigenvalue weighted by atomic mass is 35.5. The molecule has 2 rings (SSSR count). The Hall–Kier alpha value is -1.46. The molecule has 2 aromatic carbocycles. The third-order valence-corrected chi connectivity index (χ3v) is 4.25. The van der Waals surface area contributed by atoms with Crippen LogP contribution in [-0.4, -0.2) is 29.4 Å². The van der Waals surface area contributed by atoms with Gasteiger partial charge >= 0.3 is 0 Å². The first-order valence-electron chi connectivity index (χ1n) is 7.58. The van der Waals surface area contributed by atoms with Gasteiger partial charge in [0.2, 0.25) is 0 Å². The molecule has 0 fully saturated rings. The average molecular weight is 338 g/mol. The van der Waals surface area contributed by atoms with E-state index in [0.717, 1.165) is 0 Å². The Labute approximate surface area is 140 Å². The number of benzene rings is 2. The van der Waals surface area contributed by atoms with Crippen LogP contribution in [0.1, 0.15) is 18.1 Å². The van der Waals surface area contributed by atoms with Gasteiger partial charge in [-0.2, -0.15) is 0 Å². The molecule has 0 bridgehead atoms. The average Bonchev–Trinajstić information content (AvgIpc) is 2.54. The van der Waals surface area contributed by atoms with E-state index in [-0.39, 0.29) is 13.0 Å². The van der Waals surface area contributed by atoms with Crippen LogP contribution in [0.25, 0.3) is 0 Å². The van der Waals surface area contributed by atoms with E-state index in [0.29, 0.717) is 22.7 Å². The highest BCUT2D eigenvalue weighted by molar-refractivity contribution is 6.31. The Morgan fingerprint density at radius 1 is 1.22 bits per heavy atom. The van der Waals surface area contributed by atoms with E-state index in [9.17, 15) is 14.6 Å². The summed E-state index contributed by atoms with van der Waals surface area (Å²) in [6.07, 6.45) is -1.02. The van der Waals surface area contributed by atoms with Crippen molar-refractivity contribution >= 4 is 11.6 Å². The minimum Gasteiger partial charge on any atom is -0.388 e. The molecule has 0 amide bonds. The van der Waals surface area contributed by atoms with Gasteiger partial charge in [0.15, 0.2) is 0 Å². The van der Waals surface area contributed by atoms with Gasteiger partial charge in [-0.1, -0.05) is 48.9 Å². The molecule has 0 spiro atoms. The molecule has 2 atom stereocenters. The molecule has 1 unspecified atom stereocenters. The number of likely N-dealkylation sites (N-methyl/N-ethyl adjacent to an activating group) is 1. The molecule has 0 saturated heterocycles. The molecule has 23 heavy (non-hydrogen) atoms. The summed E-state index contributed by atoms with van der Waals surface area (Å²) in [5, 5.41) is 25.2. The summed E-state index contributed by atoms with van der Waals surface area (Å²) in [6.45, 7) is 2.75. The van der Waals surface area contributed by atoms with Crippen molar-refractivity contribution in [1.82, 2.24) is 5.32 Å². The number of nitrogens with one attached hydrogen (secondary N) is 1. The van der Waals surface area contributed by atoms with Gasteiger partial charge < -0.3 is 15.5 Å². The largest absolute Gasteiger partial charge is 0.388 e. The van der Waals surface area contributed by atoms with Crippen LogP contribution in [0.2, 0.25) is 5.02 Å². The third kappa shape index (κ3) is 4.30. The van der Waals surface area contributed by atoms with E-state index in [1.165, 1.54) is 18.2 Å². The van der Waals surface area contributed by atoms with Gasteiger partial charge in [-0.25, -0.2) is 4.39 Å². The molecule has 2 aromatic rings. The molecule has 0 aliphatic heterocycles. The van der Waals surface area contributed by atoms with Crippen molar-refractivity contribution in [2.75, 3.05) is 13.1 Å². The smallest absolute Gasteiger partial charge is 0.123 e. The normalized spacial score (nSPS) is 15.2. The van der Waals surface area contributed by atoms with E-state index in [4.69, 9.17) is 11.6 Å². The van der Waals surface area contributed by atoms with Gasteiger partial charge in [-0.05, 0) is 35.9 Å². The van der Waals surface area contributed by atoms with E-state index in [2.05, 4.69) is 5.32 Å². The zero-order chi connectivity index (χ0) is 16.9. The van der Waals surface area contributed by atoms with Crippen molar-refractivity contribution in [2.45, 2.75) is 25.0 Å². The Bertz CT molecular complexity index is 652. The highest BCUT2D eigenvalue weighted by Crippen LogP contribution is 2.32. The van der Waals surface area contributed by atoms with Gasteiger partial charge in [-0.3, -0.25) is 0 Å². The number of aliphatic hydroxyl groups excluding tert-OH is 1. The zero-order valence-corrected chi connectivity index (χ0v) is 13.7. The third-order valence-electron chi connectivity index (χ3n) is 3.88. The first-order chi connectivity index (χ1) is 11.0. The fraction of sp³-hybridized carbons (Fsp3) is 0.333. The lowest BCUT2D eigenvalue weighted by Gasteiger charge is -2.34. The maximum atomic E-state index is 13.6. The maximum Gasteiger partial charge on any atom is 0.123 e. The van der Waals surface area contributed by atoms with Crippen molar-refractivity contribution in [2.24, 2.45) is 0 Å². The lowest BCUT2D eigenvalue weighted by Crippen LogP contribution is -2.47. The summed E-state index contributed by atoms with van der Waals surface area (Å²) in [4.78, 5) is 0. The second kappa shape index (κ2) is 7.88. The molecule has 3 N–H and O–H groups in total. The Morgan fingerprint density at radius 2 is 1.96 bits per heavy atom. The topological polar surface area (TPSA) is 52.5 Å². The summed E-state index contributed by atoms with van der Waals surface area (Å²) in [5.74, 6) is -0.462. The first-order valence-corrected chi connectivity index (χ1v) is 7.95. The second-order valence-corrected chi connectivity index (χ2v) is 5.93. The van der Waals surface area contributed by atoms with Gasteiger partial charge in [0, 0.05) is 18.0 Å². The lowest BCUT2D eigenvalue weighted by atomic mass is 9.82. The zero-order valence-electron chi connectivity index (χ0n) is 13.0. The Balaban J connectivity index is 2.40. The minimum atomic E-state index is -1.64. The predicted octanol–water partition coefficient (Wildman–Crippen LogP) is 2.88. The SMILES string of the molecule is CCNCC(O)[C@@](O)(Cc1ccccc1Cl)c1cccc(F)c1. The van der Waals surface area contributed by atoms with E-state index < -0.39 is 17.5 Å². The highest BCUT2D eigenvalue weighted by Gasteiger charge is 2.38. The van der Waals surface area contributed by atoms with Gasteiger partial charge in [0.25, 0.3) is 0 Å². The van der Waals surface area contributed by atoms with Crippen molar-refractivity contribution < 1.29 is 14.6 Å². The maximum absolute atomic E-state index is 13.6. The van der Waals surface area contributed by atoms with Gasteiger partial charge in [-0.15, -0.1) is 0 Å². The molecule has 0 saturated carbocycles. The quantitative estimate of drug-likeness (QED) is 0.728. The standard InChI is InChI=1S/C18H21ClFNO2/c1-2-21-12-17(22)18(23,14-7-5-8-15(20)10-14)11-13-6-3-4-9-16(13)19/h3-10,17,21-23H,2,11-12H2,1H3/t17?,18-/m1/s1. The molecule has 0 heterocycles. The second-order valence-electron chi connectivity index (χ2n) is 5.53. The molecule has 3 nitrogen and oxygen atoms in total. The van der Waals surface area contributed by atoms with Crippen LogP contribution in [0.3, 0.4) is 0 Å². The molecule has 124 valence electrons. The number of aliphatic hydroxyl groups is 2. The van der Waals surface area contributed by atoms with E-state index in [1.807, 2.05) is 13.0 Å². The number of hydrogen-bond acceptors (Lipinski definition) is 3. The number of rotatable bonds is 7. The summed E-state index contributed by atoms with van der Waals surface area (Å²) in [5.41, 5.74) is -0.630. The van der Waals surface area contributed by atoms with Crippen molar-refractivity contribution in [3.63, 3.8) is 0 Å². The van der Waals surface area contributed by atoms with E-state index >= 15 is 0 Å². The van der Waals surface area contributed by atoms with Gasteiger partial charge in [0.1, 0.15) is 11.4 Å². The summed E-state index contributed by atoms with van der Waals surface area (Å²) in [6, 6.07) is 12.8. The molecule has 0 aliphatic carbocycles. The molecule has 5 heteroatoms. The molecule has 0 aromatic heterocycles. The predicted molar refractivity (Wildman–Crippen MR) is 90.0 cm³/mol. The van der Waals surface area contributed by atoms with Crippen LogP contribution < -0.4 is 5.32 Å². The van der Waals surface area contributed by atoms with E-state index in [1.54, 1.807) is 24.3 Å². The fourth-order valence-corrected chi connectivity index (χ4v) is 2.75. The number of hydrogen-bond donors (Lipinski definition) is 3. The summed E-state index contributed by atoms with van der Waals surface area (Å²) < 4.78 is 13.6. The van der Waals surface area contributed by atoms with Crippen LogP contribution in [0.4, 0.5) is 4.39 Å². The summed E-state index contributed by atoms with van der Waals surface area (Å²) in [7, 11) is 0. The minimum absolute atomic E-state index is 0.0860. The van der Waals surface area contributed by atoms with Crippen molar-refractivity contribution in [3.05, 3.63) is 70.5 Å². The molecule has 0 radical (unpaired) electrons. The Kier molecular flexibility index (Phi) is 6.13.